The predicted octanol–water partition coefficient (Wildman–Crippen LogP) is 1.72. The third kappa shape index (κ3) is 4.59. The third-order valence-corrected chi connectivity index (χ3v) is 3.88. The van der Waals surface area contributed by atoms with Gasteiger partial charge in [-0.25, -0.2) is 0 Å². The Morgan fingerprint density at radius 1 is 1.43 bits per heavy atom. The second-order valence-corrected chi connectivity index (χ2v) is 5.71. The molecule has 0 aliphatic carbocycles. The van der Waals surface area contributed by atoms with Crippen LogP contribution >= 0.6 is 11.6 Å². The van der Waals surface area contributed by atoms with Gasteiger partial charge in [-0.05, 0) is 12.1 Å². The standard InChI is InChI=1S/C15H20ClNO4/c1-17(11-15(19)6-8-20-9-7-15)14(18)10-21-13-5-3-2-4-12(13)16/h2-5,19H,6-11H2,1H3. The average Bonchev–Trinajstić information content (AvgIpc) is 2.46. The molecule has 0 bridgehead atoms. The predicted molar refractivity (Wildman–Crippen MR) is 79.6 cm³/mol. The van der Waals surface area contributed by atoms with Crippen LogP contribution in [0.15, 0.2) is 24.3 Å². The van der Waals surface area contributed by atoms with E-state index < -0.39 is 5.60 Å². The largest absolute Gasteiger partial charge is 0.482 e. The van der Waals surface area contributed by atoms with Crippen molar-refractivity contribution in [3.63, 3.8) is 0 Å². The molecular weight excluding hydrogens is 294 g/mol. The number of rotatable bonds is 5. The molecule has 1 fully saturated rings. The van der Waals surface area contributed by atoms with Crippen molar-refractivity contribution in [3.8, 4) is 5.75 Å². The summed E-state index contributed by atoms with van der Waals surface area (Å²) in [5, 5.41) is 10.9. The number of nitrogens with zero attached hydrogens (tertiary/aromatic N) is 1. The Labute approximate surface area is 129 Å². The van der Waals surface area contributed by atoms with Crippen molar-refractivity contribution in [2.24, 2.45) is 0 Å². The maximum atomic E-state index is 12.1. The van der Waals surface area contributed by atoms with Crippen LogP contribution in [0.25, 0.3) is 0 Å². The van der Waals surface area contributed by atoms with Gasteiger partial charge in [-0.15, -0.1) is 0 Å². The fourth-order valence-electron chi connectivity index (χ4n) is 2.25. The van der Waals surface area contributed by atoms with Gasteiger partial charge in [0, 0.05) is 39.6 Å². The molecule has 1 aromatic carbocycles. The molecule has 116 valence electrons. The molecule has 1 heterocycles. The van der Waals surface area contributed by atoms with Gasteiger partial charge in [0.1, 0.15) is 5.75 Å². The molecule has 6 heteroatoms. The lowest BCUT2D eigenvalue weighted by Crippen LogP contribution is -2.48. The first-order chi connectivity index (χ1) is 10.0. The Bertz CT molecular complexity index is 488. The Balaban J connectivity index is 1.84. The molecule has 1 aromatic rings. The maximum Gasteiger partial charge on any atom is 0.260 e. The molecule has 0 radical (unpaired) electrons. The lowest BCUT2D eigenvalue weighted by Gasteiger charge is -2.35. The molecule has 2 rings (SSSR count). The number of likely N-dealkylation sites (N-methyl/N-ethyl adjacent to an activating group) is 1. The van der Waals surface area contributed by atoms with E-state index in [2.05, 4.69) is 0 Å². The number of aliphatic hydroxyl groups is 1. The van der Waals surface area contributed by atoms with E-state index in [9.17, 15) is 9.90 Å². The minimum Gasteiger partial charge on any atom is -0.482 e. The van der Waals surface area contributed by atoms with Gasteiger partial charge in [0.15, 0.2) is 6.61 Å². The molecule has 1 aliphatic heterocycles. The molecule has 1 N–H and O–H groups in total. The summed E-state index contributed by atoms with van der Waals surface area (Å²) in [7, 11) is 1.66. The zero-order chi connectivity index (χ0) is 15.3. The number of carbonyl (C=O) groups excluding carboxylic acids is 1. The van der Waals surface area contributed by atoms with Gasteiger partial charge in [-0.3, -0.25) is 4.79 Å². The highest BCUT2D eigenvalue weighted by atomic mass is 35.5. The molecule has 1 aliphatic rings. The van der Waals surface area contributed by atoms with E-state index in [4.69, 9.17) is 21.1 Å². The zero-order valence-electron chi connectivity index (χ0n) is 12.0. The van der Waals surface area contributed by atoms with Crippen molar-refractivity contribution in [1.82, 2.24) is 4.90 Å². The quantitative estimate of drug-likeness (QED) is 0.899. The van der Waals surface area contributed by atoms with Crippen LogP contribution in [-0.2, 0) is 9.53 Å². The van der Waals surface area contributed by atoms with Crippen LogP contribution in [-0.4, -0.2) is 54.9 Å². The molecular formula is C15H20ClNO4. The van der Waals surface area contributed by atoms with Crippen molar-refractivity contribution in [2.45, 2.75) is 18.4 Å². The summed E-state index contributed by atoms with van der Waals surface area (Å²) in [4.78, 5) is 13.5. The van der Waals surface area contributed by atoms with Crippen molar-refractivity contribution in [3.05, 3.63) is 29.3 Å². The fraction of sp³-hybridized carbons (Fsp3) is 0.533. The van der Waals surface area contributed by atoms with E-state index in [0.717, 1.165) is 0 Å². The van der Waals surface area contributed by atoms with Crippen molar-refractivity contribution in [1.29, 1.82) is 0 Å². The molecule has 1 saturated heterocycles. The number of ether oxygens (including phenoxy) is 2. The minimum atomic E-state index is -0.868. The number of para-hydroxylation sites is 1. The highest BCUT2D eigenvalue weighted by Gasteiger charge is 2.32. The zero-order valence-corrected chi connectivity index (χ0v) is 12.8. The normalized spacial score (nSPS) is 17.3. The van der Waals surface area contributed by atoms with Crippen LogP contribution < -0.4 is 4.74 Å². The summed E-state index contributed by atoms with van der Waals surface area (Å²) in [5.41, 5.74) is -0.868. The number of benzene rings is 1. The smallest absolute Gasteiger partial charge is 0.260 e. The van der Waals surface area contributed by atoms with Crippen LogP contribution in [0, 0.1) is 0 Å². The van der Waals surface area contributed by atoms with Crippen LogP contribution in [0.4, 0.5) is 0 Å². The molecule has 5 nitrogen and oxygen atoms in total. The Hall–Kier alpha value is -1.30. The lowest BCUT2D eigenvalue weighted by molar-refractivity contribution is -0.138. The molecule has 1 amide bonds. The molecule has 21 heavy (non-hydrogen) atoms. The lowest BCUT2D eigenvalue weighted by atomic mass is 9.94. The summed E-state index contributed by atoms with van der Waals surface area (Å²) >= 11 is 5.96. The van der Waals surface area contributed by atoms with Crippen LogP contribution in [0.1, 0.15) is 12.8 Å². The van der Waals surface area contributed by atoms with Gasteiger partial charge in [0.05, 0.1) is 10.6 Å². The highest BCUT2D eigenvalue weighted by Crippen LogP contribution is 2.24. The maximum absolute atomic E-state index is 12.1. The van der Waals surface area contributed by atoms with E-state index in [-0.39, 0.29) is 19.1 Å². The summed E-state index contributed by atoms with van der Waals surface area (Å²) in [6.07, 6.45) is 1.08. The second kappa shape index (κ2) is 7.11. The fourth-order valence-corrected chi connectivity index (χ4v) is 2.44. The van der Waals surface area contributed by atoms with Crippen molar-refractivity contribution in [2.75, 3.05) is 33.4 Å². The van der Waals surface area contributed by atoms with E-state index in [0.29, 0.717) is 36.8 Å². The summed E-state index contributed by atoms with van der Waals surface area (Å²) in [6, 6.07) is 7.00. The van der Waals surface area contributed by atoms with E-state index in [1.807, 2.05) is 0 Å². The summed E-state index contributed by atoms with van der Waals surface area (Å²) in [5.74, 6) is 0.278. The summed E-state index contributed by atoms with van der Waals surface area (Å²) < 4.78 is 10.6. The number of halogens is 1. The van der Waals surface area contributed by atoms with Gasteiger partial charge in [0.2, 0.25) is 0 Å². The third-order valence-electron chi connectivity index (χ3n) is 3.57. The van der Waals surface area contributed by atoms with Gasteiger partial charge in [-0.2, -0.15) is 0 Å². The second-order valence-electron chi connectivity index (χ2n) is 5.31. The van der Waals surface area contributed by atoms with Gasteiger partial charge in [-0.1, -0.05) is 23.7 Å². The SMILES string of the molecule is CN(CC1(O)CCOCC1)C(=O)COc1ccccc1Cl. The Morgan fingerprint density at radius 3 is 2.76 bits per heavy atom. The molecule has 0 unspecified atom stereocenters. The molecule has 0 spiro atoms. The monoisotopic (exact) mass is 313 g/mol. The average molecular weight is 314 g/mol. The molecule has 0 saturated carbocycles. The van der Waals surface area contributed by atoms with Gasteiger partial charge >= 0.3 is 0 Å². The number of hydrogen-bond donors (Lipinski definition) is 1. The van der Waals surface area contributed by atoms with Crippen LogP contribution in [0.3, 0.4) is 0 Å². The Kier molecular flexibility index (Phi) is 5.45. The first kappa shape index (κ1) is 16.1. The van der Waals surface area contributed by atoms with Crippen molar-refractivity contribution < 1.29 is 19.4 Å². The van der Waals surface area contributed by atoms with Crippen LogP contribution in [0.5, 0.6) is 5.75 Å². The van der Waals surface area contributed by atoms with Crippen LogP contribution in [0.2, 0.25) is 5.02 Å². The molecule has 0 aromatic heterocycles. The first-order valence-corrected chi connectivity index (χ1v) is 7.29. The Morgan fingerprint density at radius 2 is 2.10 bits per heavy atom. The van der Waals surface area contributed by atoms with Gasteiger partial charge in [0.25, 0.3) is 5.91 Å². The number of carbonyl (C=O) groups is 1. The van der Waals surface area contributed by atoms with E-state index in [1.54, 1.807) is 31.3 Å². The highest BCUT2D eigenvalue weighted by molar-refractivity contribution is 6.32. The summed E-state index contributed by atoms with van der Waals surface area (Å²) in [6.45, 7) is 1.22. The minimum absolute atomic E-state index is 0.104. The number of hydrogen-bond acceptors (Lipinski definition) is 4. The van der Waals surface area contributed by atoms with E-state index >= 15 is 0 Å². The topological polar surface area (TPSA) is 59.0 Å². The first-order valence-electron chi connectivity index (χ1n) is 6.92. The molecule has 0 atom stereocenters. The van der Waals surface area contributed by atoms with Gasteiger partial charge < -0.3 is 19.5 Å². The van der Waals surface area contributed by atoms with E-state index in [1.165, 1.54) is 4.90 Å². The number of amides is 1. The van der Waals surface area contributed by atoms with Crippen molar-refractivity contribution >= 4 is 17.5 Å².